The van der Waals surface area contributed by atoms with Crippen LogP contribution in [0, 0.1) is 5.92 Å². The van der Waals surface area contributed by atoms with Gasteiger partial charge in [0, 0.05) is 6.42 Å². The number of phenols is 1. The molecule has 0 radical (unpaired) electrons. The maximum atomic E-state index is 12.6. The summed E-state index contributed by atoms with van der Waals surface area (Å²) >= 11 is 0. The number of hydrogen-bond donors (Lipinski definition) is 6. The average molecular weight is 408 g/mol. The Morgan fingerprint density at radius 1 is 0.966 bits per heavy atom. The quantitative estimate of drug-likeness (QED) is 0.291. The van der Waals surface area contributed by atoms with E-state index in [0.717, 1.165) is 0 Å². The third-order valence-electron chi connectivity index (χ3n) is 4.20. The fourth-order valence-corrected chi connectivity index (χ4v) is 2.50. The first-order chi connectivity index (χ1) is 13.5. The van der Waals surface area contributed by atoms with E-state index < -0.39 is 41.8 Å². The molecule has 29 heavy (non-hydrogen) atoms. The van der Waals surface area contributed by atoms with Gasteiger partial charge >= 0.3 is 5.97 Å². The van der Waals surface area contributed by atoms with E-state index in [9.17, 15) is 29.4 Å². The standard InChI is InChI=1S/C19H28N4O6/c1-10(2)16(19(28)29)23-17(26)11(3)21-18(27)14(22-15(25)9-20)8-12-4-6-13(24)7-5-12/h4-7,10-11,14,16,24H,8-9,20H2,1-3H3,(H,21,27)(H,22,25)(H,23,26)(H,28,29). The summed E-state index contributed by atoms with van der Waals surface area (Å²) in [6.07, 6.45) is 0.107. The number of rotatable bonds is 10. The smallest absolute Gasteiger partial charge is 0.326 e. The Morgan fingerprint density at radius 2 is 1.55 bits per heavy atom. The van der Waals surface area contributed by atoms with Crippen LogP contribution in [0.3, 0.4) is 0 Å². The lowest BCUT2D eigenvalue weighted by molar-refractivity contribution is -0.143. The van der Waals surface area contributed by atoms with Crippen molar-refractivity contribution in [1.29, 1.82) is 0 Å². The van der Waals surface area contributed by atoms with Crippen LogP contribution in [0.4, 0.5) is 0 Å². The highest BCUT2D eigenvalue weighted by atomic mass is 16.4. The molecule has 0 aromatic heterocycles. The minimum absolute atomic E-state index is 0.0594. The minimum Gasteiger partial charge on any atom is -0.508 e. The summed E-state index contributed by atoms with van der Waals surface area (Å²) < 4.78 is 0. The number of hydrogen-bond acceptors (Lipinski definition) is 6. The van der Waals surface area contributed by atoms with Gasteiger partial charge in [-0.25, -0.2) is 4.79 Å². The van der Waals surface area contributed by atoms with Gasteiger partial charge in [-0.15, -0.1) is 0 Å². The zero-order valence-corrected chi connectivity index (χ0v) is 16.6. The van der Waals surface area contributed by atoms with E-state index in [2.05, 4.69) is 16.0 Å². The first kappa shape index (κ1) is 23.9. The molecule has 10 heteroatoms. The van der Waals surface area contributed by atoms with E-state index in [-0.39, 0.29) is 24.6 Å². The van der Waals surface area contributed by atoms with Gasteiger partial charge in [0.25, 0.3) is 0 Å². The molecular formula is C19H28N4O6. The number of aromatic hydroxyl groups is 1. The molecule has 3 atom stereocenters. The highest BCUT2D eigenvalue weighted by molar-refractivity contribution is 5.93. The lowest BCUT2D eigenvalue weighted by Crippen LogP contribution is -2.56. The molecule has 1 aromatic carbocycles. The lowest BCUT2D eigenvalue weighted by Gasteiger charge is -2.23. The average Bonchev–Trinajstić information content (AvgIpc) is 2.66. The molecule has 0 fully saturated rings. The number of carbonyl (C=O) groups excluding carboxylic acids is 3. The normalized spacial score (nSPS) is 13.8. The number of aliphatic carboxylic acids is 1. The molecule has 7 N–H and O–H groups in total. The number of carboxylic acid groups (broad SMARTS) is 1. The van der Waals surface area contributed by atoms with Crippen molar-refractivity contribution in [3.05, 3.63) is 29.8 Å². The molecule has 1 aromatic rings. The molecule has 0 saturated carbocycles. The Balaban J connectivity index is 2.83. The second kappa shape index (κ2) is 11.0. The van der Waals surface area contributed by atoms with Crippen LogP contribution in [0.15, 0.2) is 24.3 Å². The molecule has 1 rings (SSSR count). The lowest BCUT2D eigenvalue weighted by atomic mass is 10.0. The van der Waals surface area contributed by atoms with Crippen molar-refractivity contribution in [2.24, 2.45) is 11.7 Å². The third kappa shape index (κ3) is 7.78. The third-order valence-corrected chi connectivity index (χ3v) is 4.20. The molecule has 0 aliphatic rings. The monoisotopic (exact) mass is 408 g/mol. The van der Waals surface area contributed by atoms with Gasteiger partial charge in [0.15, 0.2) is 0 Å². The zero-order valence-electron chi connectivity index (χ0n) is 16.6. The second-order valence-electron chi connectivity index (χ2n) is 6.99. The first-order valence-electron chi connectivity index (χ1n) is 9.16. The minimum atomic E-state index is -1.17. The SMILES string of the molecule is CC(NC(=O)C(Cc1ccc(O)cc1)NC(=O)CN)C(=O)NC(C(=O)O)C(C)C. The van der Waals surface area contributed by atoms with Gasteiger partial charge < -0.3 is 31.9 Å². The van der Waals surface area contributed by atoms with E-state index in [1.807, 2.05) is 0 Å². The molecule has 0 aliphatic carbocycles. The molecule has 0 aliphatic heterocycles. The van der Waals surface area contributed by atoms with Crippen LogP contribution in [0.25, 0.3) is 0 Å². The number of carbonyl (C=O) groups is 4. The Kier molecular flexibility index (Phi) is 9.07. The van der Waals surface area contributed by atoms with Gasteiger partial charge in [0.05, 0.1) is 6.54 Å². The van der Waals surface area contributed by atoms with Crippen LogP contribution in [0.5, 0.6) is 5.75 Å². The van der Waals surface area contributed by atoms with E-state index in [1.54, 1.807) is 26.0 Å². The second-order valence-corrected chi connectivity index (χ2v) is 6.99. The first-order valence-corrected chi connectivity index (χ1v) is 9.16. The van der Waals surface area contributed by atoms with Gasteiger partial charge in [0.2, 0.25) is 17.7 Å². The zero-order chi connectivity index (χ0) is 22.1. The predicted octanol–water partition coefficient (Wildman–Crippen LogP) is -0.892. The van der Waals surface area contributed by atoms with Crippen LogP contribution in [0.2, 0.25) is 0 Å². The van der Waals surface area contributed by atoms with Crippen molar-refractivity contribution < 1.29 is 29.4 Å². The van der Waals surface area contributed by atoms with E-state index in [4.69, 9.17) is 5.73 Å². The summed E-state index contributed by atoms with van der Waals surface area (Å²) in [7, 11) is 0. The summed E-state index contributed by atoms with van der Waals surface area (Å²) in [5.74, 6) is -3.29. The Labute approximate surface area is 168 Å². The van der Waals surface area contributed by atoms with Crippen LogP contribution < -0.4 is 21.7 Å². The van der Waals surface area contributed by atoms with Gasteiger partial charge in [0.1, 0.15) is 23.9 Å². The molecular weight excluding hydrogens is 380 g/mol. The molecule has 3 amide bonds. The van der Waals surface area contributed by atoms with Gasteiger partial charge in [-0.2, -0.15) is 0 Å². The van der Waals surface area contributed by atoms with Crippen molar-refractivity contribution in [2.45, 2.75) is 45.3 Å². The summed E-state index contributed by atoms with van der Waals surface area (Å²) in [5, 5.41) is 25.9. The van der Waals surface area contributed by atoms with Gasteiger partial charge in [-0.3, -0.25) is 14.4 Å². The van der Waals surface area contributed by atoms with Crippen molar-refractivity contribution in [1.82, 2.24) is 16.0 Å². The van der Waals surface area contributed by atoms with Crippen molar-refractivity contribution in [3.63, 3.8) is 0 Å². The van der Waals surface area contributed by atoms with Crippen LogP contribution in [0.1, 0.15) is 26.3 Å². The number of carboxylic acids is 1. The Bertz CT molecular complexity index is 735. The van der Waals surface area contributed by atoms with Crippen molar-refractivity contribution >= 4 is 23.7 Å². The largest absolute Gasteiger partial charge is 0.508 e. The highest BCUT2D eigenvalue weighted by Gasteiger charge is 2.28. The van der Waals surface area contributed by atoms with Gasteiger partial charge in [-0.1, -0.05) is 26.0 Å². The summed E-state index contributed by atoms with van der Waals surface area (Å²) in [6, 6.07) is 2.96. The summed E-state index contributed by atoms with van der Waals surface area (Å²) in [5.41, 5.74) is 5.97. The summed E-state index contributed by atoms with van der Waals surface area (Å²) in [6.45, 7) is 4.40. The Morgan fingerprint density at radius 3 is 2.03 bits per heavy atom. The van der Waals surface area contributed by atoms with Crippen molar-refractivity contribution in [2.75, 3.05) is 6.54 Å². The fraction of sp³-hybridized carbons (Fsp3) is 0.474. The maximum Gasteiger partial charge on any atom is 0.326 e. The van der Waals surface area contributed by atoms with Crippen molar-refractivity contribution in [3.8, 4) is 5.75 Å². The van der Waals surface area contributed by atoms with Crippen LogP contribution >= 0.6 is 0 Å². The van der Waals surface area contributed by atoms with Gasteiger partial charge in [-0.05, 0) is 30.5 Å². The van der Waals surface area contributed by atoms with E-state index in [1.165, 1.54) is 19.1 Å². The number of amides is 3. The number of nitrogens with one attached hydrogen (secondary N) is 3. The van der Waals surface area contributed by atoms with E-state index in [0.29, 0.717) is 5.56 Å². The molecule has 0 bridgehead atoms. The van der Waals surface area contributed by atoms with E-state index >= 15 is 0 Å². The predicted molar refractivity (Wildman–Crippen MR) is 105 cm³/mol. The molecule has 160 valence electrons. The van der Waals surface area contributed by atoms with Crippen LogP contribution in [-0.4, -0.2) is 58.6 Å². The number of nitrogens with two attached hydrogens (primary N) is 1. The number of phenolic OH excluding ortho intramolecular Hbond substituents is 1. The maximum absolute atomic E-state index is 12.6. The topological polar surface area (TPSA) is 171 Å². The molecule has 0 spiro atoms. The molecule has 0 heterocycles. The van der Waals surface area contributed by atoms with Crippen LogP contribution in [-0.2, 0) is 25.6 Å². The summed E-state index contributed by atoms with van der Waals surface area (Å²) in [4.78, 5) is 47.8. The molecule has 3 unspecified atom stereocenters. The highest BCUT2D eigenvalue weighted by Crippen LogP contribution is 2.11. The Hall–Kier alpha value is -3.14. The number of benzene rings is 1. The molecule has 0 saturated heterocycles. The fourth-order valence-electron chi connectivity index (χ4n) is 2.50. The molecule has 10 nitrogen and oxygen atoms in total.